The molecule has 1 atom stereocenters. The Morgan fingerprint density at radius 3 is 2.73 bits per heavy atom. The Bertz CT molecular complexity index is 528. The molecule has 78 valence electrons. The van der Waals surface area contributed by atoms with Crippen molar-refractivity contribution in [2.24, 2.45) is 0 Å². The van der Waals surface area contributed by atoms with E-state index in [9.17, 15) is 8.76 Å². The topological polar surface area (TPSA) is 78.2 Å². The van der Waals surface area contributed by atoms with E-state index in [1.165, 1.54) is 0 Å². The molecule has 0 bridgehead atoms. The van der Waals surface area contributed by atoms with Crippen LogP contribution in [0.4, 0.5) is 11.4 Å². The van der Waals surface area contributed by atoms with Gasteiger partial charge in [-0.15, -0.1) is 0 Å². The minimum atomic E-state index is -2.32. The van der Waals surface area contributed by atoms with Crippen molar-refractivity contribution in [3.8, 4) is 0 Å². The molecule has 0 fully saturated rings. The van der Waals surface area contributed by atoms with Gasteiger partial charge in [0.05, 0.1) is 0 Å². The number of nitrogen functional groups attached to an aromatic ring is 1. The highest BCUT2D eigenvalue weighted by Gasteiger charge is 2.00. The summed E-state index contributed by atoms with van der Waals surface area (Å²) in [6, 6.07) is 10.9. The molecule has 0 aromatic heterocycles. The van der Waals surface area contributed by atoms with Crippen LogP contribution in [-0.2, 0) is 11.3 Å². The highest BCUT2D eigenvalue weighted by molar-refractivity contribution is 7.80. The Kier molecular flexibility index (Phi) is 2.57. The lowest BCUT2D eigenvalue weighted by atomic mass is 10.1. The van der Waals surface area contributed by atoms with Crippen LogP contribution in [0.3, 0.4) is 0 Å². The fourth-order valence-corrected chi connectivity index (χ4v) is 1.81. The maximum absolute atomic E-state index is 10.5. The van der Waals surface area contributed by atoms with E-state index in [0.717, 1.165) is 10.8 Å². The summed E-state index contributed by atoms with van der Waals surface area (Å²) in [5, 5.41) is 1.82. The predicted octanol–water partition coefficient (Wildman–Crippen LogP) is 1.63. The third kappa shape index (κ3) is 2.08. The number of hydrogen-bond acceptors (Lipinski definition) is 3. The zero-order valence-electron chi connectivity index (χ0n) is 7.77. The van der Waals surface area contributed by atoms with Gasteiger partial charge in [0.15, 0.2) is 0 Å². The zero-order chi connectivity index (χ0) is 10.8. The fourth-order valence-electron chi connectivity index (χ4n) is 1.50. The number of nitrogens with one attached hydrogen (secondary N) is 1. The van der Waals surface area contributed by atoms with E-state index < -0.39 is 11.3 Å². The molecule has 0 radical (unpaired) electrons. The smallest absolute Gasteiger partial charge is 0.0479 e. The average molecular weight is 221 g/mol. The summed E-state index contributed by atoms with van der Waals surface area (Å²) in [6.45, 7) is 0. The quantitative estimate of drug-likeness (QED) is 0.597. The van der Waals surface area contributed by atoms with Gasteiger partial charge in [0.2, 0.25) is 0 Å². The van der Waals surface area contributed by atoms with Gasteiger partial charge < -0.3 is 15.0 Å². The molecule has 4 nitrogen and oxygen atoms in total. The fraction of sp³-hybridized carbons (Fsp3) is 0. The van der Waals surface area contributed by atoms with Gasteiger partial charge in [0.1, 0.15) is 0 Å². The SMILES string of the molecule is Nc1cc(NS(=O)[O-])cc2ccccc12. The van der Waals surface area contributed by atoms with Crippen LogP contribution >= 0.6 is 0 Å². The first-order chi connectivity index (χ1) is 7.16. The lowest BCUT2D eigenvalue weighted by Crippen LogP contribution is -2.02. The van der Waals surface area contributed by atoms with E-state index in [1.54, 1.807) is 12.1 Å². The molecule has 1 unspecified atom stereocenters. The van der Waals surface area contributed by atoms with Gasteiger partial charge in [-0.25, -0.2) is 0 Å². The van der Waals surface area contributed by atoms with Crippen molar-refractivity contribution in [1.29, 1.82) is 0 Å². The first-order valence-electron chi connectivity index (χ1n) is 4.31. The molecule has 2 aromatic rings. The second-order valence-electron chi connectivity index (χ2n) is 3.12. The normalized spacial score (nSPS) is 12.6. The van der Waals surface area contributed by atoms with Crippen LogP contribution in [0.5, 0.6) is 0 Å². The molecular weight excluding hydrogens is 212 g/mol. The van der Waals surface area contributed by atoms with Crippen LogP contribution < -0.4 is 10.5 Å². The van der Waals surface area contributed by atoms with Gasteiger partial charge in [-0.1, -0.05) is 24.3 Å². The minimum absolute atomic E-state index is 0.472. The number of nitrogens with two attached hydrogens (primary N) is 1. The van der Waals surface area contributed by atoms with E-state index in [4.69, 9.17) is 5.73 Å². The van der Waals surface area contributed by atoms with Gasteiger partial charge in [0, 0.05) is 28.0 Å². The Morgan fingerprint density at radius 1 is 1.27 bits per heavy atom. The second kappa shape index (κ2) is 3.88. The van der Waals surface area contributed by atoms with E-state index >= 15 is 0 Å². The maximum Gasteiger partial charge on any atom is 0.0479 e. The number of fused-ring (bicyclic) bond motifs is 1. The third-order valence-corrected chi connectivity index (χ3v) is 2.50. The number of anilines is 2. The summed E-state index contributed by atoms with van der Waals surface area (Å²) in [4.78, 5) is 0. The summed E-state index contributed by atoms with van der Waals surface area (Å²) < 4.78 is 23.2. The Morgan fingerprint density at radius 2 is 2.00 bits per heavy atom. The first kappa shape index (κ1) is 9.95. The van der Waals surface area contributed by atoms with Crippen LogP contribution in [0, 0.1) is 0 Å². The van der Waals surface area contributed by atoms with Crippen molar-refractivity contribution in [3.63, 3.8) is 0 Å². The van der Waals surface area contributed by atoms with Gasteiger partial charge in [-0.3, -0.25) is 4.21 Å². The van der Waals surface area contributed by atoms with Crippen molar-refractivity contribution in [3.05, 3.63) is 36.4 Å². The van der Waals surface area contributed by atoms with Crippen LogP contribution in [-0.4, -0.2) is 8.76 Å². The van der Waals surface area contributed by atoms with E-state index in [1.807, 2.05) is 24.3 Å². The van der Waals surface area contributed by atoms with Crippen molar-refractivity contribution in [2.75, 3.05) is 10.5 Å². The minimum Gasteiger partial charge on any atom is -0.755 e. The molecule has 0 heterocycles. The molecule has 0 aliphatic carbocycles. The summed E-state index contributed by atoms with van der Waals surface area (Å²) in [6.07, 6.45) is 0. The molecule has 0 amide bonds. The molecule has 0 saturated carbocycles. The van der Waals surface area contributed by atoms with E-state index in [-0.39, 0.29) is 0 Å². The number of hydrogen-bond donors (Lipinski definition) is 2. The zero-order valence-corrected chi connectivity index (χ0v) is 8.58. The van der Waals surface area contributed by atoms with Crippen LogP contribution in [0.2, 0.25) is 0 Å². The largest absolute Gasteiger partial charge is 0.755 e. The first-order valence-corrected chi connectivity index (χ1v) is 5.38. The molecule has 2 aromatic carbocycles. The maximum atomic E-state index is 10.5. The van der Waals surface area contributed by atoms with Crippen molar-refractivity contribution in [2.45, 2.75) is 0 Å². The second-order valence-corrected chi connectivity index (χ2v) is 3.80. The molecule has 3 N–H and O–H groups in total. The summed E-state index contributed by atoms with van der Waals surface area (Å²) >= 11 is -2.32. The Balaban J connectivity index is 2.57. The van der Waals surface area contributed by atoms with E-state index in [0.29, 0.717) is 11.4 Å². The molecule has 0 spiro atoms. The molecule has 15 heavy (non-hydrogen) atoms. The van der Waals surface area contributed by atoms with Crippen molar-refractivity contribution in [1.82, 2.24) is 0 Å². The predicted molar refractivity (Wildman–Crippen MR) is 60.9 cm³/mol. The molecule has 0 aliphatic heterocycles. The summed E-state index contributed by atoms with van der Waals surface area (Å²) in [5.74, 6) is 0. The van der Waals surface area contributed by atoms with Crippen molar-refractivity contribution >= 4 is 33.4 Å². The van der Waals surface area contributed by atoms with Gasteiger partial charge >= 0.3 is 0 Å². The Labute approximate surface area is 89.5 Å². The van der Waals surface area contributed by atoms with Crippen LogP contribution in [0.25, 0.3) is 10.8 Å². The standard InChI is InChI=1S/C10H10N2O2S/c11-10-6-8(12-15(13)14)5-7-3-1-2-4-9(7)10/h1-6,12H,11H2,(H,13,14)/p-1. The lowest BCUT2D eigenvalue weighted by molar-refractivity contribution is 0.542. The van der Waals surface area contributed by atoms with Gasteiger partial charge in [-0.2, -0.15) is 0 Å². The molecule has 2 rings (SSSR count). The summed E-state index contributed by atoms with van der Waals surface area (Å²) in [7, 11) is 0. The highest BCUT2D eigenvalue weighted by Crippen LogP contribution is 2.25. The van der Waals surface area contributed by atoms with Crippen LogP contribution in [0.1, 0.15) is 0 Å². The number of benzene rings is 2. The Hall–Kier alpha value is -1.59. The molecule has 0 saturated heterocycles. The lowest BCUT2D eigenvalue weighted by Gasteiger charge is -2.10. The number of rotatable bonds is 2. The molecule has 5 heteroatoms. The van der Waals surface area contributed by atoms with Crippen molar-refractivity contribution < 1.29 is 8.76 Å². The average Bonchev–Trinajstić information content (AvgIpc) is 2.16. The van der Waals surface area contributed by atoms with E-state index in [2.05, 4.69) is 4.72 Å². The molecular formula is C10H9N2O2S-. The van der Waals surface area contributed by atoms with Crippen LogP contribution in [0.15, 0.2) is 36.4 Å². The summed E-state index contributed by atoms with van der Waals surface area (Å²) in [5.41, 5.74) is 6.82. The van der Waals surface area contributed by atoms with Gasteiger partial charge in [0.25, 0.3) is 0 Å². The monoisotopic (exact) mass is 221 g/mol. The third-order valence-electron chi connectivity index (χ3n) is 2.09. The van der Waals surface area contributed by atoms with Gasteiger partial charge in [-0.05, 0) is 17.5 Å². The highest BCUT2D eigenvalue weighted by atomic mass is 32.2. The molecule has 0 aliphatic rings.